The van der Waals surface area contributed by atoms with E-state index in [9.17, 15) is 35.1 Å². The number of ether oxygens (including phenoxy) is 2. The molecule has 41 heavy (non-hydrogen) atoms. The average molecular weight is 590 g/mol. The summed E-state index contributed by atoms with van der Waals surface area (Å²) in [6.07, 6.45) is 1.77. The smallest absolute Gasteiger partial charge is 0.348 e. The number of carboxylic acid groups (broad SMARTS) is 2. The van der Waals surface area contributed by atoms with Crippen molar-refractivity contribution in [2.24, 2.45) is 0 Å². The summed E-state index contributed by atoms with van der Waals surface area (Å²) >= 11 is 6.18. The second kappa shape index (κ2) is 12.8. The number of carboxylic acids is 2. The van der Waals surface area contributed by atoms with Gasteiger partial charge in [0.05, 0.1) is 25.6 Å². The van der Waals surface area contributed by atoms with Crippen LogP contribution in [0.2, 0.25) is 5.28 Å². The first-order valence-electron chi connectivity index (χ1n) is 12.5. The molecular weight excluding hydrogens is 562 g/mol. The van der Waals surface area contributed by atoms with Crippen molar-refractivity contribution in [3.63, 3.8) is 0 Å². The zero-order valence-electron chi connectivity index (χ0n) is 21.6. The standard InChI is InChI=1S/C26H28ClN5O9/c1-2-18(35)22(32-14-28-19-20(29-25(27)30-21(19)32)31-9-8-16(34)11-31)41-17(12-33)13-40-26(23(36)37,24(38)39)10-15-6-4-3-5-7-15/h1,3-7,14,16-18,22,33-35H,8-13H2,(H,36,37)(H,38,39)/t16-,17-,18+,22+/m0/s1. The lowest BCUT2D eigenvalue weighted by atomic mass is 9.94. The summed E-state index contributed by atoms with van der Waals surface area (Å²) in [7, 11) is 0. The van der Waals surface area contributed by atoms with Gasteiger partial charge in [0.2, 0.25) is 5.28 Å². The Labute approximate surface area is 238 Å². The van der Waals surface area contributed by atoms with Crippen LogP contribution in [0, 0.1) is 12.3 Å². The Kier molecular flexibility index (Phi) is 9.38. The third-order valence-corrected chi connectivity index (χ3v) is 6.76. The molecule has 2 aromatic heterocycles. The molecule has 14 nitrogen and oxygen atoms in total. The number of aromatic nitrogens is 4. The molecule has 0 bridgehead atoms. The summed E-state index contributed by atoms with van der Waals surface area (Å²) < 4.78 is 12.5. The number of rotatable bonds is 13. The molecular formula is C26H28ClN5O9. The molecule has 0 saturated carbocycles. The van der Waals surface area contributed by atoms with E-state index in [4.69, 9.17) is 27.5 Å². The van der Waals surface area contributed by atoms with Crippen LogP contribution >= 0.6 is 11.6 Å². The van der Waals surface area contributed by atoms with Gasteiger partial charge in [-0.2, -0.15) is 9.97 Å². The molecule has 0 radical (unpaired) electrons. The largest absolute Gasteiger partial charge is 0.479 e. The number of aliphatic carboxylic acids is 2. The maximum absolute atomic E-state index is 12.1. The number of aliphatic hydroxyl groups excluding tert-OH is 3. The van der Waals surface area contributed by atoms with Gasteiger partial charge < -0.3 is 39.9 Å². The van der Waals surface area contributed by atoms with E-state index >= 15 is 0 Å². The summed E-state index contributed by atoms with van der Waals surface area (Å²) in [5, 5.41) is 50.2. The molecule has 0 aliphatic carbocycles. The van der Waals surface area contributed by atoms with Gasteiger partial charge in [0.25, 0.3) is 5.60 Å². The first-order chi connectivity index (χ1) is 19.6. The zero-order chi connectivity index (χ0) is 29.7. The number of terminal acetylenes is 1. The molecule has 0 unspecified atom stereocenters. The number of nitrogens with zero attached hydrogens (tertiary/aromatic N) is 5. The molecule has 0 spiro atoms. The van der Waals surface area contributed by atoms with Crippen molar-refractivity contribution in [2.75, 3.05) is 31.2 Å². The first kappa shape index (κ1) is 30.1. The molecule has 218 valence electrons. The molecule has 4 rings (SSSR count). The Morgan fingerprint density at radius 1 is 1.22 bits per heavy atom. The van der Waals surface area contributed by atoms with Crippen LogP contribution in [-0.2, 0) is 25.5 Å². The molecule has 3 aromatic rings. The van der Waals surface area contributed by atoms with Crippen LogP contribution in [0.25, 0.3) is 11.2 Å². The van der Waals surface area contributed by atoms with Crippen molar-refractivity contribution >= 4 is 40.5 Å². The van der Waals surface area contributed by atoms with Crippen molar-refractivity contribution in [3.8, 4) is 12.3 Å². The van der Waals surface area contributed by atoms with Crippen LogP contribution in [0.5, 0.6) is 0 Å². The van der Waals surface area contributed by atoms with Gasteiger partial charge >= 0.3 is 11.9 Å². The Hall–Kier alpha value is -3.84. The highest BCUT2D eigenvalue weighted by molar-refractivity contribution is 6.28. The van der Waals surface area contributed by atoms with Gasteiger partial charge in [-0.25, -0.2) is 14.6 Å². The minimum Gasteiger partial charge on any atom is -0.479 e. The first-order valence-corrected chi connectivity index (χ1v) is 12.9. The number of carbonyl (C=O) groups is 2. The zero-order valence-corrected chi connectivity index (χ0v) is 22.3. The van der Waals surface area contributed by atoms with Crippen molar-refractivity contribution in [1.82, 2.24) is 19.5 Å². The van der Waals surface area contributed by atoms with Crippen molar-refractivity contribution < 1.29 is 44.6 Å². The normalized spacial score (nSPS) is 17.7. The summed E-state index contributed by atoms with van der Waals surface area (Å²) in [6, 6.07) is 8.04. The van der Waals surface area contributed by atoms with E-state index < -0.39 is 61.7 Å². The number of anilines is 1. The lowest BCUT2D eigenvalue weighted by Crippen LogP contribution is -2.52. The van der Waals surface area contributed by atoms with E-state index in [1.807, 2.05) is 0 Å². The SMILES string of the molecule is C#C[C@@H](O)[C@@H](O[C@@H](CO)COC(Cc1ccccc1)(C(=O)O)C(=O)O)n1cnc2c(N3CC[C@H](O)C3)nc(Cl)nc21. The van der Waals surface area contributed by atoms with Crippen LogP contribution in [0.4, 0.5) is 5.82 Å². The van der Waals surface area contributed by atoms with Gasteiger partial charge in [-0.05, 0) is 23.6 Å². The van der Waals surface area contributed by atoms with Crippen molar-refractivity contribution in [2.45, 2.75) is 43.0 Å². The summed E-state index contributed by atoms with van der Waals surface area (Å²) in [4.78, 5) is 38.8. The topological polar surface area (TPSA) is 201 Å². The molecule has 3 heterocycles. The number of benzene rings is 1. The fourth-order valence-corrected chi connectivity index (χ4v) is 4.62. The third kappa shape index (κ3) is 6.41. The maximum atomic E-state index is 12.1. The highest BCUT2D eigenvalue weighted by atomic mass is 35.5. The van der Waals surface area contributed by atoms with E-state index in [0.717, 1.165) is 0 Å². The van der Waals surface area contributed by atoms with E-state index in [-0.39, 0.29) is 16.4 Å². The number of β-amino-alcohol motifs (C(OH)–C–C–N with tert-alkyl or cyclic N) is 1. The van der Waals surface area contributed by atoms with E-state index in [1.54, 1.807) is 35.2 Å². The maximum Gasteiger partial charge on any atom is 0.348 e. The highest BCUT2D eigenvalue weighted by Crippen LogP contribution is 2.30. The quantitative estimate of drug-likeness (QED) is 0.102. The molecule has 1 saturated heterocycles. The second-order valence-corrected chi connectivity index (χ2v) is 9.72. The number of halogens is 1. The molecule has 4 atom stereocenters. The van der Waals surface area contributed by atoms with Gasteiger partial charge in [0.15, 0.2) is 29.3 Å². The summed E-state index contributed by atoms with van der Waals surface area (Å²) in [5.74, 6) is -1.03. The Morgan fingerprint density at radius 2 is 1.93 bits per heavy atom. The predicted molar refractivity (Wildman–Crippen MR) is 143 cm³/mol. The number of imidazole rings is 1. The molecule has 0 amide bonds. The highest BCUT2D eigenvalue weighted by Gasteiger charge is 2.49. The van der Waals surface area contributed by atoms with Crippen LogP contribution in [0.15, 0.2) is 36.7 Å². The number of fused-ring (bicyclic) bond motifs is 1. The van der Waals surface area contributed by atoms with E-state index in [1.165, 1.54) is 10.9 Å². The fourth-order valence-electron chi connectivity index (χ4n) is 4.46. The van der Waals surface area contributed by atoms with E-state index in [2.05, 4.69) is 20.9 Å². The summed E-state index contributed by atoms with van der Waals surface area (Å²) in [5.41, 5.74) is -1.91. The lowest BCUT2D eigenvalue weighted by molar-refractivity contribution is -0.195. The number of hydrogen-bond donors (Lipinski definition) is 5. The van der Waals surface area contributed by atoms with E-state index in [0.29, 0.717) is 30.9 Å². The van der Waals surface area contributed by atoms with Crippen LogP contribution in [-0.4, -0.2) is 107 Å². The summed E-state index contributed by atoms with van der Waals surface area (Å²) in [6.45, 7) is -0.669. The average Bonchev–Trinajstić information content (AvgIpc) is 3.58. The third-order valence-electron chi connectivity index (χ3n) is 6.59. The molecule has 5 N–H and O–H groups in total. The van der Waals surface area contributed by atoms with Gasteiger partial charge in [-0.1, -0.05) is 36.3 Å². The number of hydrogen-bond acceptors (Lipinski definition) is 11. The van der Waals surface area contributed by atoms with Crippen molar-refractivity contribution in [3.05, 3.63) is 47.5 Å². The lowest BCUT2D eigenvalue weighted by Gasteiger charge is -2.30. The van der Waals surface area contributed by atoms with Gasteiger partial charge in [0, 0.05) is 19.5 Å². The Morgan fingerprint density at radius 3 is 2.51 bits per heavy atom. The van der Waals surface area contributed by atoms with Gasteiger partial charge in [-0.15, -0.1) is 6.42 Å². The van der Waals surface area contributed by atoms with Crippen LogP contribution in [0.3, 0.4) is 0 Å². The molecule has 1 fully saturated rings. The predicted octanol–water partition coefficient (Wildman–Crippen LogP) is 0.0882. The molecule has 1 aromatic carbocycles. The van der Waals surface area contributed by atoms with Crippen LogP contribution < -0.4 is 4.90 Å². The number of aliphatic hydroxyl groups is 3. The Balaban J connectivity index is 1.62. The van der Waals surface area contributed by atoms with Crippen molar-refractivity contribution in [1.29, 1.82) is 0 Å². The van der Waals surface area contributed by atoms with Gasteiger partial charge in [-0.3, -0.25) is 4.57 Å². The fraction of sp³-hybridized carbons (Fsp3) is 0.423. The Bertz CT molecular complexity index is 1420. The molecule has 15 heteroatoms. The second-order valence-electron chi connectivity index (χ2n) is 9.38. The minimum absolute atomic E-state index is 0.118. The van der Waals surface area contributed by atoms with Crippen LogP contribution in [0.1, 0.15) is 18.2 Å². The minimum atomic E-state index is -2.70. The molecule has 1 aliphatic heterocycles. The molecule has 1 aliphatic rings. The monoisotopic (exact) mass is 589 g/mol. The van der Waals surface area contributed by atoms with Gasteiger partial charge in [0.1, 0.15) is 6.10 Å².